The van der Waals surface area contributed by atoms with E-state index < -0.39 is 0 Å². The third kappa shape index (κ3) is 3.71. The minimum atomic E-state index is 0.536. The van der Waals surface area contributed by atoms with Gasteiger partial charge in [-0.1, -0.05) is 19.4 Å². The molecule has 0 aromatic carbocycles. The molecule has 0 atom stereocenters. The summed E-state index contributed by atoms with van der Waals surface area (Å²) < 4.78 is 0. The van der Waals surface area contributed by atoms with Gasteiger partial charge in [0.2, 0.25) is 0 Å². The van der Waals surface area contributed by atoms with Crippen LogP contribution in [0.4, 0.5) is 5.82 Å². The highest BCUT2D eigenvalue weighted by molar-refractivity contribution is 6.17. The largest absolute Gasteiger partial charge is 0.357 e. The van der Waals surface area contributed by atoms with Crippen LogP contribution in [0.25, 0.3) is 0 Å². The summed E-state index contributed by atoms with van der Waals surface area (Å²) in [4.78, 5) is 6.71. The Morgan fingerprint density at radius 2 is 2.13 bits per heavy atom. The lowest BCUT2D eigenvalue weighted by molar-refractivity contribution is 0.724. The number of rotatable bonds is 6. The fourth-order valence-corrected chi connectivity index (χ4v) is 1.62. The van der Waals surface area contributed by atoms with Crippen LogP contribution in [0.5, 0.6) is 0 Å². The average Bonchev–Trinajstić information content (AvgIpc) is 2.31. The van der Waals surface area contributed by atoms with Crippen LogP contribution >= 0.6 is 11.6 Å². The highest BCUT2D eigenvalue weighted by Crippen LogP contribution is 2.12. The van der Waals surface area contributed by atoms with Crippen molar-refractivity contribution in [1.82, 2.24) is 4.98 Å². The number of anilines is 1. The molecular formula is C12H19ClN2. The number of halogens is 1. The van der Waals surface area contributed by atoms with Crippen molar-refractivity contribution >= 4 is 17.4 Å². The number of pyridine rings is 1. The molecule has 0 unspecified atom stereocenters. The number of alkyl halides is 1. The van der Waals surface area contributed by atoms with Crippen LogP contribution in [-0.2, 0) is 5.88 Å². The van der Waals surface area contributed by atoms with Gasteiger partial charge in [0.15, 0.2) is 0 Å². The Balaban J connectivity index is 2.65. The molecule has 0 aliphatic rings. The molecule has 0 spiro atoms. The molecule has 15 heavy (non-hydrogen) atoms. The third-order valence-electron chi connectivity index (χ3n) is 2.45. The summed E-state index contributed by atoms with van der Waals surface area (Å²) in [7, 11) is 0. The Morgan fingerprint density at radius 3 is 2.60 bits per heavy atom. The maximum Gasteiger partial charge on any atom is 0.128 e. The number of unbranched alkanes of at least 4 members (excludes halogenated alkanes) is 1. The van der Waals surface area contributed by atoms with Crippen LogP contribution in [0.1, 0.15) is 32.3 Å². The maximum absolute atomic E-state index is 5.72. The fraction of sp³-hybridized carbons (Fsp3) is 0.583. The molecule has 0 aliphatic carbocycles. The van der Waals surface area contributed by atoms with E-state index in [4.69, 9.17) is 11.6 Å². The predicted octanol–water partition coefficient (Wildman–Crippen LogP) is 3.45. The van der Waals surface area contributed by atoms with Crippen LogP contribution in [0.3, 0.4) is 0 Å². The SMILES string of the molecule is CCCCN(CC)c1ccc(CCl)cn1. The van der Waals surface area contributed by atoms with Gasteiger partial charge in [0, 0.05) is 25.2 Å². The first-order valence-corrected chi connectivity index (χ1v) is 6.11. The topological polar surface area (TPSA) is 16.1 Å². The first kappa shape index (κ1) is 12.3. The van der Waals surface area contributed by atoms with E-state index in [0.29, 0.717) is 5.88 Å². The quantitative estimate of drug-likeness (QED) is 0.691. The molecular weight excluding hydrogens is 208 g/mol. The van der Waals surface area contributed by atoms with Crippen LogP contribution in [0, 0.1) is 0 Å². The second-order valence-electron chi connectivity index (χ2n) is 3.59. The fourth-order valence-electron chi connectivity index (χ4n) is 1.47. The van der Waals surface area contributed by atoms with E-state index in [1.165, 1.54) is 12.8 Å². The first-order valence-electron chi connectivity index (χ1n) is 5.57. The summed E-state index contributed by atoms with van der Waals surface area (Å²) in [5.41, 5.74) is 1.08. The van der Waals surface area contributed by atoms with Gasteiger partial charge in [-0.3, -0.25) is 0 Å². The molecule has 1 aromatic heterocycles. The van der Waals surface area contributed by atoms with Crippen LogP contribution in [0.15, 0.2) is 18.3 Å². The number of nitrogens with zero attached hydrogens (tertiary/aromatic N) is 2. The second kappa shape index (κ2) is 6.67. The highest BCUT2D eigenvalue weighted by atomic mass is 35.5. The molecule has 2 nitrogen and oxygen atoms in total. The lowest BCUT2D eigenvalue weighted by Gasteiger charge is -2.21. The highest BCUT2D eigenvalue weighted by Gasteiger charge is 2.04. The van der Waals surface area contributed by atoms with Gasteiger partial charge in [-0.05, 0) is 25.0 Å². The molecule has 3 heteroatoms. The lowest BCUT2D eigenvalue weighted by Crippen LogP contribution is -2.24. The van der Waals surface area contributed by atoms with E-state index in [9.17, 15) is 0 Å². The zero-order valence-electron chi connectivity index (χ0n) is 9.54. The third-order valence-corrected chi connectivity index (χ3v) is 2.76. The first-order chi connectivity index (χ1) is 7.31. The average molecular weight is 227 g/mol. The summed E-state index contributed by atoms with van der Waals surface area (Å²) >= 11 is 5.72. The van der Waals surface area contributed by atoms with Gasteiger partial charge < -0.3 is 4.90 Å². The van der Waals surface area contributed by atoms with E-state index in [-0.39, 0.29) is 0 Å². The monoisotopic (exact) mass is 226 g/mol. The summed E-state index contributed by atoms with van der Waals surface area (Å²) in [6.45, 7) is 6.46. The summed E-state index contributed by atoms with van der Waals surface area (Å²) in [6.07, 6.45) is 4.29. The van der Waals surface area contributed by atoms with Crippen LogP contribution < -0.4 is 4.90 Å². The molecule has 0 saturated heterocycles. The van der Waals surface area contributed by atoms with Gasteiger partial charge in [-0.15, -0.1) is 11.6 Å². The minimum absolute atomic E-state index is 0.536. The van der Waals surface area contributed by atoms with E-state index in [0.717, 1.165) is 24.5 Å². The number of aromatic nitrogens is 1. The standard InChI is InChI=1S/C12H19ClN2/c1-3-5-8-15(4-2)12-7-6-11(9-13)10-14-12/h6-7,10H,3-5,8-9H2,1-2H3. The van der Waals surface area contributed by atoms with Crippen LogP contribution in [0.2, 0.25) is 0 Å². The molecule has 0 aliphatic heterocycles. The Bertz CT molecular complexity index is 271. The smallest absolute Gasteiger partial charge is 0.128 e. The van der Waals surface area contributed by atoms with E-state index in [2.05, 4.69) is 29.8 Å². The van der Waals surface area contributed by atoms with Gasteiger partial charge in [0.1, 0.15) is 5.82 Å². The number of hydrogen-bond acceptors (Lipinski definition) is 2. The van der Waals surface area contributed by atoms with Crippen molar-refractivity contribution in [2.24, 2.45) is 0 Å². The second-order valence-corrected chi connectivity index (χ2v) is 3.86. The van der Waals surface area contributed by atoms with Crippen molar-refractivity contribution in [1.29, 1.82) is 0 Å². The summed E-state index contributed by atoms with van der Waals surface area (Å²) in [6, 6.07) is 4.10. The molecule has 0 radical (unpaired) electrons. The maximum atomic E-state index is 5.72. The zero-order valence-corrected chi connectivity index (χ0v) is 10.3. The Hall–Kier alpha value is -0.760. The molecule has 1 aromatic rings. The minimum Gasteiger partial charge on any atom is -0.357 e. The molecule has 0 amide bonds. The lowest BCUT2D eigenvalue weighted by atomic mass is 10.3. The van der Waals surface area contributed by atoms with Crippen molar-refractivity contribution < 1.29 is 0 Å². The van der Waals surface area contributed by atoms with Gasteiger partial charge in [-0.2, -0.15) is 0 Å². The van der Waals surface area contributed by atoms with Gasteiger partial charge >= 0.3 is 0 Å². The van der Waals surface area contributed by atoms with Gasteiger partial charge in [0.05, 0.1) is 0 Å². The molecule has 0 N–H and O–H groups in total. The predicted molar refractivity (Wildman–Crippen MR) is 66.6 cm³/mol. The normalized spacial score (nSPS) is 10.3. The van der Waals surface area contributed by atoms with Gasteiger partial charge in [0.25, 0.3) is 0 Å². The van der Waals surface area contributed by atoms with E-state index >= 15 is 0 Å². The molecule has 0 fully saturated rings. The Labute approximate surface area is 97.3 Å². The molecule has 84 valence electrons. The van der Waals surface area contributed by atoms with Crippen LogP contribution in [-0.4, -0.2) is 18.1 Å². The Morgan fingerprint density at radius 1 is 1.33 bits per heavy atom. The molecule has 0 saturated carbocycles. The molecule has 1 heterocycles. The van der Waals surface area contributed by atoms with Crippen molar-refractivity contribution in [3.05, 3.63) is 23.9 Å². The van der Waals surface area contributed by atoms with Gasteiger partial charge in [-0.25, -0.2) is 4.98 Å². The zero-order chi connectivity index (χ0) is 11.1. The Kier molecular flexibility index (Phi) is 5.48. The summed E-state index contributed by atoms with van der Waals surface area (Å²) in [5.74, 6) is 1.59. The van der Waals surface area contributed by atoms with E-state index in [1.807, 2.05) is 12.3 Å². The van der Waals surface area contributed by atoms with Crippen molar-refractivity contribution in [3.63, 3.8) is 0 Å². The number of hydrogen-bond donors (Lipinski definition) is 0. The molecule has 1 rings (SSSR count). The van der Waals surface area contributed by atoms with Crippen molar-refractivity contribution in [3.8, 4) is 0 Å². The van der Waals surface area contributed by atoms with Crippen molar-refractivity contribution in [2.75, 3.05) is 18.0 Å². The summed E-state index contributed by atoms with van der Waals surface area (Å²) in [5, 5.41) is 0. The molecule has 0 bridgehead atoms. The van der Waals surface area contributed by atoms with Crippen molar-refractivity contribution in [2.45, 2.75) is 32.6 Å². The van der Waals surface area contributed by atoms with E-state index in [1.54, 1.807) is 0 Å².